The van der Waals surface area contributed by atoms with Gasteiger partial charge in [0.25, 0.3) is 0 Å². The number of aromatic nitrogens is 5. The maximum absolute atomic E-state index is 12.3. The Morgan fingerprint density at radius 2 is 2.15 bits per heavy atom. The molecule has 1 N–H and O–H groups in total. The molecule has 27 heavy (non-hydrogen) atoms. The van der Waals surface area contributed by atoms with Gasteiger partial charge in [0.2, 0.25) is 5.91 Å². The summed E-state index contributed by atoms with van der Waals surface area (Å²) in [6.45, 7) is 0.433. The molecule has 4 aromatic rings. The van der Waals surface area contributed by atoms with Gasteiger partial charge < -0.3 is 5.32 Å². The van der Waals surface area contributed by atoms with Crippen LogP contribution in [0.5, 0.6) is 0 Å². The largest absolute Gasteiger partial charge is 0.352 e. The van der Waals surface area contributed by atoms with Crippen LogP contribution in [0.3, 0.4) is 0 Å². The molecule has 0 atom stereocenters. The van der Waals surface area contributed by atoms with Gasteiger partial charge in [0.05, 0.1) is 12.1 Å². The van der Waals surface area contributed by atoms with E-state index in [1.807, 2.05) is 40.4 Å². The van der Waals surface area contributed by atoms with Crippen LogP contribution in [0.1, 0.15) is 11.3 Å². The van der Waals surface area contributed by atoms with Gasteiger partial charge in [-0.05, 0) is 29.8 Å². The van der Waals surface area contributed by atoms with Crippen LogP contribution in [0, 0.1) is 0 Å². The van der Waals surface area contributed by atoms with Crippen LogP contribution < -0.4 is 5.32 Å². The van der Waals surface area contributed by atoms with Crippen molar-refractivity contribution in [2.24, 2.45) is 0 Å². The lowest BCUT2D eigenvalue weighted by molar-refractivity contribution is -0.120. The average molecular weight is 376 g/mol. The molecule has 0 unspecified atom stereocenters. The van der Waals surface area contributed by atoms with Crippen molar-refractivity contribution in [1.82, 2.24) is 29.8 Å². The zero-order valence-electron chi connectivity index (χ0n) is 14.3. The molecular weight excluding hydrogens is 360 g/mol. The number of nitrogens with one attached hydrogen (secondary N) is 1. The number of hydrogen-bond acceptors (Lipinski definition) is 6. The molecule has 0 aliphatic carbocycles. The first kappa shape index (κ1) is 17.0. The van der Waals surface area contributed by atoms with E-state index < -0.39 is 0 Å². The van der Waals surface area contributed by atoms with Gasteiger partial charge in [-0.15, -0.1) is 11.3 Å². The normalized spacial score (nSPS) is 10.7. The molecule has 0 aliphatic heterocycles. The van der Waals surface area contributed by atoms with Crippen LogP contribution in [0.2, 0.25) is 0 Å². The van der Waals surface area contributed by atoms with Gasteiger partial charge >= 0.3 is 0 Å². The summed E-state index contributed by atoms with van der Waals surface area (Å²) < 4.78 is 1.82. The quantitative estimate of drug-likeness (QED) is 0.559. The smallest absolute Gasteiger partial charge is 0.226 e. The van der Waals surface area contributed by atoms with Gasteiger partial charge in [-0.25, -0.2) is 15.0 Å². The van der Waals surface area contributed by atoms with E-state index in [9.17, 15) is 4.79 Å². The molecule has 7 nitrogen and oxygen atoms in total. The Kier molecular flexibility index (Phi) is 4.97. The zero-order chi connectivity index (χ0) is 18.5. The van der Waals surface area contributed by atoms with Crippen LogP contribution in [0.4, 0.5) is 0 Å². The van der Waals surface area contributed by atoms with Crippen LogP contribution in [0.15, 0.2) is 67.0 Å². The highest BCUT2D eigenvalue weighted by atomic mass is 32.1. The minimum Gasteiger partial charge on any atom is -0.352 e. The second-order valence-electron chi connectivity index (χ2n) is 5.83. The molecule has 0 aliphatic rings. The third-order valence-electron chi connectivity index (χ3n) is 3.87. The van der Waals surface area contributed by atoms with Crippen molar-refractivity contribution in [2.75, 3.05) is 0 Å². The van der Waals surface area contributed by atoms with Gasteiger partial charge in [0.15, 0.2) is 0 Å². The van der Waals surface area contributed by atoms with Crippen LogP contribution in [0.25, 0.3) is 16.4 Å². The summed E-state index contributed by atoms with van der Waals surface area (Å²) in [4.78, 5) is 29.2. The van der Waals surface area contributed by atoms with Crippen molar-refractivity contribution in [2.45, 2.75) is 13.0 Å². The predicted octanol–water partition coefficient (Wildman–Crippen LogP) is 2.64. The maximum Gasteiger partial charge on any atom is 0.226 e. The SMILES string of the molecule is O=C(Cc1csc(-c2cccnc2)n1)NCc1ccnc(-n2ccnc2)c1. The standard InChI is InChI=1S/C19H16N6OS/c26-18(9-16-12-27-19(24-16)15-2-1-4-20-11-15)23-10-14-3-5-22-17(8-14)25-7-6-21-13-25/h1-8,11-13H,9-10H2,(H,23,26). The molecule has 0 bridgehead atoms. The minimum atomic E-state index is -0.0703. The fourth-order valence-electron chi connectivity index (χ4n) is 2.54. The van der Waals surface area contributed by atoms with Gasteiger partial charge in [0.1, 0.15) is 17.2 Å². The second-order valence-corrected chi connectivity index (χ2v) is 6.69. The van der Waals surface area contributed by atoms with E-state index in [4.69, 9.17) is 0 Å². The maximum atomic E-state index is 12.3. The van der Waals surface area contributed by atoms with Crippen molar-refractivity contribution in [3.8, 4) is 16.4 Å². The van der Waals surface area contributed by atoms with Crippen molar-refractivity contribution < 1.29 is 4.79 Å². The highest BCUT2D eigenvalue weighted by Gasteiger charge is 2.09. The minimum absolute atomic E-state index is 0.0703. The van der Waals surface area contributed by atoms with Crippen molar-refractivity contribution in [3.63, 3.8) is 0 Å². The first-order valence-corrected chi connectivity index (χ1v) is 9.21. The summed E-state index contributed by atoms with van der Waals surface area (Å²) in [5, 5.41) is 5.70. The Morgan fingerprint density at radius 1 is 1.19 bits per heavy atom. The van der Waals surface area contributed by atoms with E-state index in [0.29, 0.717) is 6.54 Å². The highest BCUT2D eigenvalue weighted by molar-refractivity contribution is 7.13. The van der Waals surface area contributed by atoms with Crippen molar-refractivity contribution >= 4 is 17.2 Å². The summed E-state index contributed by atoms with van der Waals surface area (Å²) in [5.41, 5.74) is 2.68. The summed E-state index contributed by atoms with van der Waals surface area (Å²) in [6, 6.07) is 7.63. The number of carbonyl (C=O) groups excluding carboxylic acids is 1. The third kappa shape index (κ3) is 4.24. The number of carbonyl (C=O) groups is 1. The third-order valence-corrected chi connectivity index (χ3v) is 4.81. The molecule has 1 amide bonds. The van der Waals surface area contributed by atoms with E-state index in [0.717, 1.165) is 27.6 Å². The first-order valence-electron chi connectivity index (χ1n) is 8.33. The molecule has 4 aromatic heterocycles. The molecular formula is C19H16N6OS. The number of amides is 1. The predicted molar refractivity (Wildman–Crippen MR) is 102 cm³/mol. The van der Waals surface area contributed by atoms with Crippen LogP contribution in [-0.2, 0) is 17.8 Å². The van der Waals surface area contributed by atoms with Crippen molar-refractivity contribution in [1.29, 1.82) is 0 Å². The number of hydrogen-bond donors (Lipinski definition) is 1. The Bertz CT molecular complexity index is 1030. The molecule has 0 fully saturated rings. The number of rotatable bonds is 6. The van der Waals surface area contributed by atoms with Gasteiger partial charge in [-0.1, -0.05) is 0 Å². The summed E-state index contributed by atoms with van der Waals surface area (Å²) in [5.74, 6) is 0.693. The monoisotopic (exact) mass is 376 g/mol. The average Bonchev–Trinajstić information content (AvgIpc) is 3.40. The lowest BCUT2D eigenvalue weighted by Gasteiger charge is -2.06. The summed E-state index contributed by atoms with van der Waals surface area (Å²) in [6.07, 6.45) is 10.7. The van der Waals surface area contributed by atoms with E-state index in [-0.39, 0.29) is 12.3 Å². The van der Waals surface area contributed by atoms with Crippen LogP contribution >= 0.6 is 11.3 Å². The lowest BCUT2D eigenvalue weighted by Crippen LogP contribution is -2.24. The van der Waals surface area contributed by atoms with Crippen LogP contribution in [-0.4, -0.2) is 30.4 Å². The fraction of sp³-hybridized carbons (Fsp3) is 0.105. The van der Waals surface area contributed by atoms with E-state index >= 15 is 0 Å². The van der Waals surface area contributed by atoms with Gasteiger partial charge in [0, 0.05) is 48.5 Å². The molecule has 0 spiro atoms. The second kappa shape index (κ2) is 7.88. The van der Waals surface area contributed by atoms with Gasteiger partial charge in [-0.3, -0.25) is 14.3 Å². The number of imidazole rings is 1. The molecule has 8 heteroatoms. The number of nitrogens with zero attached hydrogens (tertiary/aromatic N) is 5. The molecule has 0 saturated carbocycles. The molecule has 4 rings (SSSR count). The van der Waals surface area contributed by atoms with Gasteiger partial charge in [-0.2, -0.15) is 0 Å². The molecule has 4 heterocycles. The summed E-state index contributed by atoms with van der Waals surface area (Å²) in [7, 11) is 0. The van der Waals surface area contributed by atoms with E-state index in [2.05, 4.69) is 25.3 Å². The van der Waals surface area contributed by atoms with E-state index in [1.54, 1.807) is 31.1 Å². The molecule has 0 saturated heterocycles. The van der Waals surface area contributed by atoms with Crippen molar-refractivity contribution in [3.05, 3.63) is 78.2 Å². The topological polar surface area (TPSA) is 85.6 Å². The van der Waals surface area contributed by atoms with E-state index in [1.165, 1.54) is 11.3 Å². The lowest BCUT2D eigenvalue weighted by atomic mass is 10.2. The molecule has 134 valence electrons. The Morgan fingerprint density at radius 3 is 2.96 bits per heavy atom. The Balaban J connectivity index is 1.35. The number of thiazole rings is 1. The molecule has 0 radical (unpaired) electrons. The fourth-order valence-corrected chi connectivity index (χ4v) is 3.35. The highest BCUT2D eigenvalue weighted by Crippen LogP contribution is 2.22. The summed E-state index contributed by atoms with van der Waals surface area (Å²) >= 11 is 1.51. The Hall–Kier alpha value is -3.39. The Labute approximate surface area is 159 Å². The first-order chi connectivity index (χ1) is 13.3. The molecule has 0 aromatic carbocycles. The zero-order valence-corrected chi connectivity index (χ0v) is 15.1. The number of pyridine rings is 2.